The third-order valence-corrected chi connectivity index (χ3v) is 1.61. The molecule has 0 aromatic carbocycles. The first kappa shape index (κ1) is 10.9. The van der Waals surface area contributed by atoms with Crippen molar-refractivity contribution in [3.05, 3.63) is 0 Å². The average molecular weight is 160 g/mol. The highest BCUT2D eigenvalue weighted by Gasteiger charge is 1.99. The van der Waals surface area contributed by atoms with Gasteiger partial charge in [-0.25, -0.2) is 0 Å². The topological polar surface area (TPSA) is 18.5 Å². The molecule has 0 heterocycles. The van der Waals surface area contributed by atoms with Gasteiger partial charge in [-0.15, -0.1) is 0 Å². The van der Waals surface area contributed by atoms with Gasteiger partial charge in [0, 0.05) is 13.7 Å². The van der Waals surface area contributed by atoms with Gasteiger partial charge in [0.25, 0.3) is 0 Å². The van der Waals surface area contributed by atoms with Gasteiger partial charge in [0.15, 0.2) is 0 Å². The van der Waals surface area contributed by atoms with E-state index in [1.807, 2.05) is 0 Å². The van der Waals surface area contributed by atoms with Crippen molar-refractivity contribution in [2.75, 3.05) is 13.7 Å². The SMILES string of the molecule is CO[C@H](C)CCCOC(C)C. The van der Waals surface area contributed by atoms with Crippen molar-refractivity contribution < 1.29 is 9.47 Å². The van der Waals surface area contributed by atoms with Gasteiger partial charge in [-0.3, -0.25) is 0 Å². The van der Waals surface area contributed by atoms with Crippen LogP contribution in [0.25, 0.3) is 0 Å². The maximum Gasteiger partial charge on any atom is 0.0544 e. The third kappa shape index (κ3) is 7.82. The summed E-state index contributed by atoms with van der Waals surface area (Å²) in [5, 5.41) is 0. The Balaban J connectivity index is 3.01. The van der Waals surface area contributed by atoms with Crippen molar-refractivity contribution in [1.82, 2.24) is 0 Å². The van der Waals surface area contributed by atoms with E-state index in [1.165, 1.54) is 0 Å². The molecule has 0 saturated carbocycles. The van der Waals surface area contributed by atoms with Crippen LogP contribution in [0.4, 0.5) is 0 Å². The maximum atomic E-state index is 5.38. The summed E-state index contributed by atoms with van der Waals surface area (Å²) in [6.07, 6.45) is 2.90. The molecule has 2 nitrogen and oxygen atoms in total. The molecule has 0 aliphatic heterocycles. The van der Waals surface area contributed by atoms with Crippen LogP contribution in [0.5, 0.6) is 0 Å². The minimum atomic E-state index is 0.354. The van der Waals surface area contributed by atoms with Gasteiger partial charge in [-0.05, 0) is 33.6 Å². The van der Waals surface area contributed by atoms with Crippen molar-refractivity contribution in [3.8, 4) is 0 Å². The van der Waals surface area contributed by atoms with Crippen LogP contribution in [0.2, 0.25) is 0 Å². The lowest BCUT2D eigenvalue weighted by molar-refractivity contribution is 0.0579. The summed E-state index contributed by atoms with van der Waals surface area (Å²) < 4.78 is 10.5. The lowest BCUT2D eigenvalue weighted by atomic mass is 10.2. The van der Waals surface area contributed by atoms with E-state index in [2.05, 4.69) is 20.8 Å². The highest BCUT2D eigenvalue weighted by atomic mass is 16.5. The van der Waals surface area contributed by atoms with E-state index < -0.39 is 0 Å². The van der Waals surface area contributed by atoms with Gasteiger partial charge in [-0.2, -0.15) is 0 Å². The Labute approximate surface area is 69.9 Å². The molecule has 0 saturated heterocycles. The highest BCUT2D eigenvalue weighted by Crippen LogP contribution is 2.00. The Kier molecular flexibility index (Phi) is 6.57. The number of ether oxygens (including phenoxy) is 2. The second-order valence-electron chi connectivity index (χ2n) is 3.11. The van der Waals surface area contributed by atoms with E-state index in [-0.39, 0.29) is 0 Å². The van der Waals surface area contributed by atoms with E-state index >= 15 is 0 Å². The van der Waals surface area contributed by atoms with E-state index in [9.17, 15) is 0 Å². The molecule has 1 atom stereocenters. The van der Waals surface area contributed by atoms with Gasteiger partial charge >= 0.3 is 0 Å². The van der Waals surface area contributed by atoms with Gasteiger partial charge < -0.3 is 9.47 Å². The van der Waals surface area contributed by atoms with Crippen molar-refractivity contribution in [3.63, 3.8) is 0 Å². The molecule has 0 amide bonds. The molecular weight excluding hydrogens is 140 g/mol. The van der Waals surface area contributed by atoms with Crippen LogP contribution in [0.15, 0.2) is 0 Å². The zero-order valence-electron chi connectivity index (χ0n) is 8.09. The molecule has 0 aromatic rings. The van der Waals surface area contributed by atoms with Crippen LogP contribution >= 0.6 is 0 Å². The van der Waals surface area contributed by atoms with Crippen molar-refractivity contribution in [2.45, 2.75) is 45.8 Å². The second kappa shape index (κ2) is 6.62. The van der Waals surface area contributed by atoms with E-state index in [4.69, 9.17) is 9.47 Å². The Bertz CT molecular complexity index is 81.6. The van der Waals surface area contributed by atoms with E-state index in [0.717, 1.165) is 19.4 Å². The van der Waals surface area contributed by atoms with Crippen LogP contribution in [0.1, 0.15) is 33.6 Å². The molecular formula is C9H20O2. The fraction of sp³-hybridized carbons (Fsp3) is 1.00. The quantitative estimate of drug-likeness (QED) is 0.555. The van der Waals surface area contributed by atoms with Gasteiger partial charge in [0.1, 0.15) is 0 Å². The lowest BCUT2D eigenvalue weighted by Crippen LogP contribution is -2.08. The Morgan fingerprint density at radius 2 is 1.82 bits per heavy atom. The summed E-state index contributed by atoms with van der Waals surface area (Å²) in [6, 6.07) is 0. The van der Waals surface area contributed by atoms with Gasteiger partial charge in [-0.1, -0.05) is 0 Å². The Morgan fingerprint density at radius 3 is 2.27 bits per heavy atom. The van der Waals surface area contributed by atoms with E-state index in [0.29, 0.717) is 12.2 Å². The first-order valence-corrected chi connectivity index (χ1v) is 4.31. The first-order valence-electron chi connectivity index (χ1n) is 4.31. The molecule has 11 heavy (non-hydrogen) atoms. The molecule has 0 radical (unpaired) electrons. The second-order valence-corrected chi connectivity index (χ2v) is 3.11. The molecule has 0 rings (SSSR count). The summed E-state index contributed by atoms with van der Waals surface area (Å²) in [5.41, 5.74) is 0. The number of methoxy groups -OCH3 is 1. The summed E-state index contributed by atoms with van der Waals surface area (Å²) in [5.74, 6) is 0. The fourth-order valence-electron chi connectivity index (χ4n) is 0.808. The van der Waals surface area contributed by atoms with Crippen LogP contribution in [-0.4, -0.2) is 25.9 Å². The van der Waals surface area contributed by atoms with Gasteiger partial charge in [0.2, 0.25) is 0 Å². The van der Waals surface area contributed by atoms with E-state index in [1.54, 1.807) is 7.11 Å². The zero-order valence-corrected chi connectivity index (χ0v) is 8.09. The molecule has 0 aliphatic carbocycles. The predicted octanol–water partition coefficient (Wildman–Crippen LogP) is 2.23. The molecule has 0 bridgehead atoms. The Hall–Kier alpha value is -0.0800. The largest absolute Gasteiger partial charge is 0.382 e. The molecule has 0 unspecified atom stereocenters. The molecule has 0 spiro atoms. The van der Waals surface area contributed by atoms with Crippen LogP contribution < -0.4 is 0 Å². The smallest absolute Gasteiger partial charge is 0.0544 e. The molecule has 68 valence electrons. The minimum Gasteiger partial charge on any atom is -0.382 e. The molecule has 0 aromatic heterocycles. The maximum absolute atomic E-state index is 5.38. The van der Waals surface area contributed by atoms with Crippen molar-refractivity contribution in [1.29, 1.82) is 0 Å². The monoisotopic (exact) mass is 160 g/mol. The first-order chi connectivity index (χ1) is 5.16. The third-order valence-electron chi connectivity index (χ3n) is 1.61. The summed E-state index contributed by atoms with van der Waals surface area (Å²) >= 11 is 0. The van der Waals surface area contributed by atoms with Crippen molar-refractivity contribution >= 4 is 0 Å². The Morgan fingerprint density at radius 1 is 1.18 bits per heavy atom. The standard InChI is InChI=1S/C9H20O2/c1-8(2)11-7-5-6-9(3)10-4/h8-9H,5-7H2,1-4H3/t9-/m1/s1. The summed E-state index contributed by atoms with van der Waals surface area (Å²) in [7, 11) is 1.74. The zero-order chi connectivity index (χ0) is 8.69. The molecule has 0 aliphatic rings. The number of hydrogen-bond acceptors (Lipinski definition) is 2. The highest BCUT2D eigenvalue weighted by molar-refractivity contribution is 4.49. The average Bonchev–Trinajstić information content (AvgIpc) is 1.97. The molecule has 2 heteroatoms. The molecule has 0 N–H and O–H groups in total. The van der Waals surface area contributed by atoms with Crippen LogP contribution in [0, 0.1) is 0 Å². The minimum absolute atomic E-state index is 0.354. The van der Waals surface area contributed by atoms with Crippen LogP contribution in [0.3, 0.4) is 0 Å². The normalized spacial score (nSPS) is 13.9. The van der Waals surface area contributed by atoms with Gasteiger partial charge in [0.05, 0.1) is 12.2 Å². The lowest BCUT2D eigenvalue weighted by Gasteiger charge is -2.10. The van der Waals surface area contributed by atoms with Crippen LogP contribution in [-0.2, 0) is 9.47 Å². The summed E-state index contributed by atoms with van der Waals surface area (Å²) in [6.45, 7) is 7.04. The molecule has 0 fully saturated rings. The fourth-order valence-corrected chi connectivity index (χ4v) is 0.808. The number of hydrogen-bond donors (Lipinski definition) is 0. The van der Waals surface area contributed by atoms with Crippen molar-refractivity contribution in [2.24, 2.45) is 0 Å². The number of rotatable bonds is 6. The summed E-state index contributed by atoms with van der Waals surface area (Å²) in [4.78, 5) is 0. The predicted molar refractivity (Wildman–Crippen MR) is 46.8 cm³/mol.